The lowest BCUT2D eigenvalue weighted by Crippen LogP contribution is -2.30. The van der Waals surface area contributed by atoms with E-state index in [9.17, 15) is 18.5 Å². The second-order valence-electron chi connectivity index (χ2n) is 5.25. The van der Waals surface area contributed by atoms with E-state index >= 15 is 0 Å². The van der Waals surface area contributed by atoms with Crippen molar-refractivity contribution in [3.05, 3.63) is 52.6 Å². The number of benzene rings is 2. The smallest absolute Gasteiger partial charge is 0.284 e. The summed E-state index contributed by atoms with van der Waals surface area (Å²) in [5, 5.41) is 11.5. The standard InChI is InChI=1S/C17H20N2O5S2/c1-4-18(5-2)26(22,23)15-10-11-17(16(12-15)19(20)21)25-14-8-6-13(24-3)7-9-14/h6-12H,4-5H2,1-3H3. The van der Waals surface area contributed by atoms with Crippen molar-refractivity contribution >= 4 is 27.5 Å². The van der Waals surface area contributed by atoms with Crippen molar-refractivity contribution in [1.82, 2.24) is 4.31 Å². The van der Waals surface area contributed by atoms with Crippen LogP contribution in [-0.4, -0.2) is 37.8 Å². The molecular weight excluding hydrogens is 376 g/mol. The zero-order valence-electron chi connectivity index (χ0n) is 14.7. The van der Waals surface area contributed by atoms with E-state index in [0.717, 1.165) is 11.0 Å². The van der Waals surface area contributed by atoms with Crippen LogP contribution in [0.2, 0.25) is 0 Å². The molecule has 0 aliphatic carbocycles. The molecule has 0 heterocycles. The normalized spacial score (nSPS) is 11.5. The number of ether oxygens (including phenoxy) is 1. The van der Waals surface area contributed by atoms with Crippen LogP contribution in [-0.2, 0) is 10.0 Å². The highest BCUT2D eigenvalue weighted by Gasteiger charge is 2.25. The molecule has 0 atom stereocenters. The van der Waals surface area contributed by atoms with Gasteiger partial charge in [-0.3, -0.25) is 10.1 Å². The molecule has 7 nitrogen and oxygen atoms in total. The van der Waals surface area contributed by atoms with Crippen molar-refractivity contribution in [2.24, 2.45) is 0 Å². The number of rotatable bonds is 8. The van der Waals surface area contributed by atoms with Gasteiger partial charge < -0.3 is 4.74 Å². The first-order valence-electron chi connectivity index (χ1n) is 7.94. The fourth-order valence-electron chi connectivity index (χ4n) is 2.37. The van der Waals surface area contributed by atoms with Crippen molar-refractivity contribution in [3.63, 3.8) is 0 Å². The lowest BCUT2D eigenvalue weighted by molar-refractivity contribution is -0.388. The van der Waals surface area contributed by atoms with Crippen LogP contribution < -0.4 is 4.74 Å². The highest BCUT2D eigenvalue weighted by Crippen LogP contribution is 2.37. The van der Waals surface area contributed by atoms with Gasteiger partial charge in [-0.05, 0) is 36.4 Å². The average molecular weight is 396 g/mol. The maximum Gasteiger partial charge on any atom is 0.284 e. The van der Waals surface area contributed by atoms with Gasteiger partial charge >= 0.3 is 0 Å². The van der Waals surface area contributed by atoms with Gasteiger partial charge in [-0.15, -0.1) is 0 Å². The number of hydrogen-bond acceptors (Lipinski definition) is 6. The summed E-state index contributed by atoms with van der Waals surface area (Å²) in [5.41, 5.74) is -0.237. The molecule has 0 N–H and O–H groups in total. The van der Waals surface area contributed by atoms with E-state index in [0.29, 0.717) is 23.7 Å². The van der Waals surface area contributed by atoms with Gasteiger partial charge in [-0.25, -0.2) is 8.42 Å². The topological polar surface area (TPSA) is 89.8 Å². The van der Waals surface area contributed by atoms with Gasteiger partial charge in [0, 0.05) is 24.1 Å². The molecule has 26 heavy (non-hydrogen) atoms. The Morgan fingerprint density at radius 2 is 1.73 bits per heavy atom. The molecule has 2 aromatic rings. The Morgan fingerprint density at radius 1 is 1.12 bits per heavy atom. The summed E-state index contributed by atoms with van der Waals surface area (Å²) in [6, 6.07) is 11.1. The third-order valence-electron chi connectivity index (χ3n) is 3.76. The lowest BCUT2D eigenvalue weighted by Gasteiger charge is -2.18. The van der Waals surface area contributed by atoms with Gasteiger partial charge in [0.05, 0.1) is 21.8 Å². The molecule has 0 aliphatic rings. The first-order chi connectivity index (χ1) is 12.3. The van der Waals surface area contributed by atoms with Crippen LogP contribution in [0, 0.1) is 10.1 Å². The molecule has 0 saturated heterocycles. The molecule has 2 rings (SSSR count). The maximum atomic E-state index is 12.6. The van der Waals surface area contributed by atoms with Crippen molar-refractivity contribution in [1.29, 1.82) is 0 Å². The van der Waals surface area contributed by atoms with E-state index in [1.807, 2.05) is 0 Å². The molecule has 0 saturated carbocycles. The molecule has 0 amide bonds. The van der Waals surface area contributed by atoms with E-state index in [2.05, 4.69) is 0 Å². The first kappa shape index (κ1) is 20.2. The zero-order valence-corrected chi connectivity index (χ0v) is 16.3. The number of nitro benzene ring substituents is 1. The molecule has 0 bridgehead atoms. The summed E-state index contributed by atoms with van der Waals surface area (Å²) in [6.07, 6.45) is 0. The SMILES string of the molecule is CCN(CC)S(=O)(=O)c1ccc(Sc2ccc(OC)cc2)c([N+](=O)[O-])c1. The minimum atomic E-state index is -3.75. The van der Waals surface area contributed by atoms with Gasteiger partial charge in [0.1, 0.15) is 5.75 Å². The summed E-state index contributed by atoms with van der Waals surface area (Å²) in [4.78, 5) is 12.0. The third-order valence-corrected chi connectivity index (χ3v) is 6.88. The second kappa shape index (κ2) is 8.52. The van der Waals surface area contributed by atoms with Crippen LogP contribution in [0.5, 0.6) is 5.75 Å². The van der Waals surface area contributed by atoms with Crippen LogP contribution in [0.15, 0.2) is 57.2 Å². The monoisotopic (exact) mass is 396 g/mol. The Bertz CT molecular complexity index is 879. The quantitative estimate of drug-likeness (QED) is 0.498. The average Bonchev–Trinajstić information content (AvgIpc) is 2.63. The van der Waals surface area contributed by atoms with Crippen LogP contribution in [0.25, 0.3) is 0 Å². The van der Waals surface area contributed by atoms with Gasteiger partial charge in [-0.2, -0.15) is 4.31 Å². The molecule has 0 radical (unpaired) electrons. The second-order valence-corrected chi connectivity index (χ2v) is 8.31. The Balaban J connectivity index is 2.41. The minimum absolute atomic E-state index is 0.0769. The molecule has 0 aliphatic heterocycles. The summed E-state index contributed by atoms with van der Waals surface area (Å²) >= 11 is 1.20. The molecule has 0 spiro atoms. The predicted octanol–water partition coefficient (Wildman–Crippen LogP) is 3.79. The van der Waals surface area contributed by atoms with Crippen LogP contribution in [0.4, 0.5) is 5.69 Å². The largest absolute Gasteiger partial charge is 0.497 e. The van der Waals surface area contributed by atoms with Crippen molar-refractivity contribution in [3.8, 4) is 5.75 Å². The Kier molecular flexibility index (Phi) is 6.63. The van der Waals surface area contributed by atoms with Crippen molar-refractivity contribution in [2.45, 2.75) is 28.5 Å². The molecule has 9 heteroatoms. The Hall–Kier alpha value is -2.10. The predicted molar refractivity (Wildman–Crippen MR) is 100 cm³/mol. The molecule has 0 unspecified atom stereocenters. The van der Waals surface area contributed by atoms with E-state index in [-0.39, 0.29) is 10.6 Å². The van der Waals surface area contributed by atoms with E-state index in [1.54, 1.807) is 45.2 Å². The third kappa shape index (κ3) is 4.35. The van der Waals surface area contributed by atoms with Gasteiger partial charge in [0.2, 0.25) is 10.0 Å². The number of methoxy groups -OCH3 is 1. The van der Waals surface area contributed by atoms with Crippen LogP contribution >= 0.6 is 11.8 Å². The van der Waals surface area contributed by atoms with E-state index in [1.165, 1.54) is 28.2 Å². The van der Waals surface area contributed by atoms with Crippen LogP contribution in [0.1, 0.15) is 13.8 Å². The highest BCUT2D eigenvalue weighted by molar-refractivity contribution is 7.99. The first-order valence-corrected chi connectivity index (χ1v) is 10.2. The van der Waals surface area contributed by atoms with Gasteiger partial charge in [0.25, 0.3) is 5.69 Å². The zero-order chi connectivity index (χ0) is 19.3. The molecule has 140 valence electrons. The van der Waals surface area contributed by atoms with Gasteiger partial charge in [0.15, 0.2) is 0 Å². The van der Waals surface area contributed by atoms with E-state index < -0.39 is 14.9 Å². The number of nitrogens with zero attached hydrogens (tertiary/aromatic N) is 2. The van der Waals surface area contributed by atoms with Crippen molar-refractivity contribution in [2.75, 3.05) is 20.2 Å². The summed E-state index contributed by atoms with van der Waals surface area (Å²) < 4.78 is 31.5. The minimum Gasteiger partial charge on any atom is -0.497 e. The fraction of sp³-hybridized carbons (Fsp3) is 0.294. The Labute approximate surface area is 157 Å². The lowest BCUT2D eigenvalue weighted by atomic mass is 10.3. The Morgan fingerprint density at radius 3 is 2.23 bits per heavy atom. The van der Waals surface area contributed by atoms with Crippen LogP contribution in [0.3, 0.4) is 0 Å². The summed E-state index contributed by atoms with van der Waals surface area (Å²) in [5.74, 6) is 0.685. The molecule has 0 aromatic heterocycles. The number of sulfonamides is 1. The van der Waals surface area contributed by atoms with Crippen molar-refractivity contribution < 1.29 is 18.1 Å². The maximum absolute atomic E-state index is 12.6. The summed E-state index contributed by atoms with van der Waals surface area (Å²) in [6.45, 7) is 4.05. The van der Waals surface area contributed by atoms with E-state index in [4.69, 9.17) is 4.74 Å². The summed E-state index contributed by atoms with van der Waals surface area (Å²) in [7, 11) is -2.20. The fourth-order valence-corrected chi connectivity index (χ4v) is 4.75. The number of hydrogen-bond donors (Lipinski definition) is 0. The highest BCUT2D eigenvalue weighted by atomic mass is 32.2. The molecule has 2 aromatic carbocycles. The molecule has 0 fully saturated rings. The number of nitro groups is 1. The molecular formula is C17H20N2O5S2. The van der Waals surface area contributed by atoms with Gasteiger partial charge in [-0.1, -0.05) is 25.6 Å².